The first-order chi connectivity index (χ1) is 24.7. The zero-order valence-corrected chi connectivity index (χ0v) is 33.8. The van der Waals surface area contributed by atoms with Gasteiger partial charge in [-0.3, -0.25) is 4.79 Å². The highest BCUT2D eigenvalue weighted by atomic mass is 16.6. The zero-order chi connectivity index (χ0) is 36.3. The van der Waals surface area contributed by atoms with Crippen LogP contribution in [0.4, 0.5) is 0 Å². The maximum Gasteiger partial charge on any atom is 0.344 e. The van der Waals surface area contributed by atoms with E-state index in [-0.39, 0.29) is 12.6 Å². The molecule has 0 amide bonds. The third kappa shape index (κ3) is 42.6. The summed E-state index contributed by atoms with van der Waals surface area (Å²) in [5.74, 6) is -0.700. The Hall–Kier alpha value is -1.58. The molecule has 0 aromatic heterocycles. The van der Waals surface area contributed by atoms with Crippen molar-refractivity contribution in [1.82, 2.24) is 0 Å². The molecule has 0 atom stereocenters. The summed E-state index contributed by atoms with van der Waals surface area (Å²) in [5.41, 5.74) is 0. The van der Waals surface area contributed by atoms with E-state index in [1.807, 2.05) is 0 Å². The first-order valence-corrected chi connectivity index (χ1v) is 22.3. The fraction of sp³-hybridized carbons (Fsp3) is 0.870. The van der Waals surface area contributed by atoms with Crippen LogP contribution in [-0.4, -0.2) is 25.2 Å². The summed E-state index contributed by atoms with van der Waals surface area (Å²) in [6.45, 7) is 4.74. The number of esters is 2. The van der Waals surface area contributed by atoms with E-state index in [4.69, 9.17) is 9.47 Å². The molecule has 0 aliphatic rings. The van der Waals surface area contributed by atoms with Crippen LogP contribution in [-0.2, 0) is 19.1 Å². The van der Waals surface area contributed by atoms with Crippen molar-refractivity contribution in [3.05, 3.63) is 24.3 Å². The molecule has 0 fully saturated rings. The lowest BCUT2D eigenvalue weighted by Gasteiger charge is -2.07. The quantitative estimate of drug-likeness (QED) is 0.0361. The van der Waals surface area contributed by atoms with Gasteiger partial charge < -0.3 is 9.47 Å². The van der Waals surface area contributed by atoms with Gasteiger partial charge in [-0.25, -0.2) is 4.79 Å². The largest absolute Gasteiger partial charge is 0.463 e. The highest BCUT2D eigenvalue weighted by Crippen LogP contribution is 2.14. The van der Waals surface area contributed by atoms with Crippen molar-refractivity contribution in [2.75, 3.05) is 13.2 Å². The van der Waals surface area contributed by atoms with Crippen LogP contribution < -0.4 is 0 Å². The fourth-order valence-corrected chi connectivity index (χ4v) is 6.54. The highest BCUT2D eigenvalue weighted by molar-refractivity contribution is 5.76. The van der Waals surface area contributed by atoms with Gasteiger partial charge in [-0.05, 0) is 64.2 Å². The number of rotatable bonds is 41. The Kier molecular flexibility index (Phi) is 42.2. The molecule has 0 heterocycles. The van der Waals surface area contributed by atoms with Crippen LogP contribution in [0.1, 0.15) is 245 Å². The minimum Gasteiger partial charge on any atom is -0.463 e. The third-order valence-corrected chi connectivity index (χ3v) is 9.91. The van der Waals surface area contributed by atoms with Crippen LogP contribution >= 0.6 is 0 Å². The van der Waals surface area contributed by atoms with Gasteiger partial charge in [0.1, 0.15) is 0 Å². The molecule has 0 radical (unpaired) electrons. The van der Waals surface area contributed by atoms with Gasteiger partial charge in [0.05, 0.1) is 6.61 Å². The number of unbranched alkanes of at least 4 members (excludes halogenated alkanes) is 31. The van der Waals surface area contributed by atoms with Crippen molar-refractivity contribution in [3.63, 3.8) is 0 Å². The smallest absolute Gasteiger partial charge is 0.344 e. The van der Waals surface area contributed by atoms with E-state index in [9.17, 15) is 9.59 Å². The van der Waals surface area contributed by atoms with Crippen LogP contribution in [0.5, 0.6) is 0 Å². The third-order valence-electron chi connectivity index (χ3n) is 9.91. The Morgan fingerprint density at radius 1 is 0.340 bits per heavy atom. The predicted molar refractivity (Wildman–Crippen MR) is 218 cm³/mol. The monoisotopic (exact) mass is 703 g/mol. The van der Waals surface area contributed by atoms with Gasteiger partial charge in [0.2, 0.25) is 0 Å². The van der Waals surface area contributed by atoms with Crippen molar-refractivity contribution in [2.24, 2.45) is 0 Å². The standard InChI is InChI=1S/C46H86O4/c1-3-5-7-9-11-13-15-17-19-21-23-25-27-29-31-33-35-37-39-41-43-49-46(48)44-50-45(47)42-40-38-36-34-32-30-28-26-24-22-20-18-16-14-12-10-8-6-4-2/h17-20H,3-16,21-44H2,1-2H3. The Bertz CT molecular complexity index is 742. The van der Waals surface area contributed by atoms with Crippen molar-refractivity contribution >= 4 is 11.9 Å². The summed E-state index contributed by atoms with van der Waals surface area (Å²) in [4.78, 5) is 23.8. The molecule has 0 saturated heterocycles. The average molecular weight is 703 g/mol. The molecule has 0 N–H and O–H groups in total. The second-order valence-corrected chi connectivity index (χ2v) is 15.0. The molecule has 0 aliphatic heterocycles. The number of hydrogen-bond acceptors (Lipinski definition) is 4. The van der Waals surface area contributed by atoms with Crippen molar-refractivity contribution in [2.45, 2.75) is 245 Å². The molecule has 0 bridgehead atoms. The van der Waals surface area contributed by atoms with E-state index in [1.54, 1.807) is 0 Å². The first kappa shape index (κ1) is 48.4. The van der Waals surface area contributed by atoms with Crippen LogP contribution in [0.15, 0.2) is 24.3 Å². The fourth-order valence-electron chi connectivity index (χ4n) is 6.54. The van der Waals surface area contributed by atoms with Gasteiger partial charge in [0, 0.05) is 6.42 Å². The van der Waals surface area contributed by atoms with Crippen LogP contribution in [0, 0.1) is 0 Å². The Balaban J connectivity index is 3.30. The van der Waals surface area contributed by atoms with Crippen LogP contribution in [0.25, 0.3) is 0 Å². The second kappa shape index (κ2) is 43.6. The first-order valence-electron chi connectivity index (χ1n) is 22.3. The van der Waals surface area contributed by atoms with Crippen LogP contribution in [0.3, 0.4) is 0 Å². The zero-order valence-electron chi connectivity index (χ0n) is 33.8. The number of carbonyl (C=O) groups excluding carboxylic acids is 2. The molecule has 50 heavy (non-hydrogen) atoms. The minimum atomic E-state index is -0.421. The van der Waals surface area contributed by atoms with Gasteiger partial charge in [-0.15, -0.1) is 0 Å². The lowest BCUT2D eigenvalue weighted by atomic mass is 10.1. The van der Waals surface area contributed by atoms with Gasteiger partial charge in [0.25, 0.3) is 0 Å². The van der Waals surface area contributed by atoms with Crippen molar-refractivity contribution < 1.29 is 19.1 Å². The molecule has 0 spiro atoms. The molecule has 4 nitrogen and oxygen atoms in total. The van der Waals surface area contributed by atoms with Gasteiger partial charge in [0.15, 0.2) is 6.61 Å². The molecule has 0 rings (SSSR count). The summed E-state index contributed by atoms with van der Waals surface area (Å²) in [6, 6.07) is 0. The summed E-state index contributed by atoms with van der Waals surface area (Å²) in [5, 5.41) is 0. The summed E-state index contributed by atoms with van der Waals surface area (Å²) in [6.07, 6.45) is 55.1. The molecule has 0 saturated carbocycles. The van der Waals surface area contributed by atoms with Gasteiger partial charge in [-0.2, -0.15) is 0 Å². The molecule has 0 aromatic carbocycles. The Morgan fingerprint density at radius 2 is 0.640 bits per heavy atom. The Morgan fingerprint density at radius 3 is 1.00 bits per heavy atom. The molecule has 4 heteroatoms. The van der Waals surface area contributed by atoms with Gasteiger partial charge >= 0.3 is 11.9 Å². The topological polar surface area (TPSA) is 52.6 Å². The normalized spacial score (nSPS) is 11.6. The molecule has 294 valence electrons. The lowest BCUT2D eigenvalue weighted by molar-refractivity contribution is -0.158. The number of ether oxygens (including phenoxy) is 2. The van der Waals surface area contributed by atoms with E-state index < -0.39 is 5.97 Å². The van der Waals surface area contributed by atoms with Crippen molar-refractivity contribution in [3.8, 4) is 0 Å². The van der Waals surface area contributed by atoms with E-state index in [0.717, 1.165) is 25.7 Å². The molecular formula is C46H86O4. The van der Waals surface area contributed by atoms with Crippen LogP contribution in [0.2, 0.25) is 0 Å². The Labute approximate surface area is 312 Å². The molecule has 0 unspecified atom stereocenters. The number of allylic oxidation sites excluding steroid dienone is 4. The SMILES string of the molecule is CCCCCCCCC=CCCCCCCCCCCCCOC(=O)COC(=O)CCCCCCCCCCCC=CCCCCCCCC. The second-order valence-electron chi connectivity index (χ2n) is 15.0. The minimum absolute atomic E-state index is 0.247. The number of hydrogen-bond donors (Lipinski definition) is 0. The summed E-state index contributed by atoms with van der Waals surface area (Å²) in [7, 11) is 0. The van der Waals surface area contributed by atoms with Crippen molar-refractivity contribution in [1.29, 1.82) is 0 Å². The van der Waals surface area contributed by atoms with E-state index >= 15 is 0 Å². The van der Waals surface area contributed by atoms with E-state index in [0.29, 0.717) is 13.0 Å². The van der Waals surface area contributed by atoms with E-state index in [1.165, 1.54) is 199 Å². The highest BCUT2D eigenvalue weighted by Gasteiger charge is 2.08. The number of carbonyl (C=O) groups is 2. The predicted octanol–water partition coefficient (Wildman–Crippen LogP) is 15.3. The summed E-state index contributed by atoms with van der Waals surface area (Å²) < 4.78 is 10.4. The van der Waals surface area contributed by atoms with Gasteiger partial charge in [-0.1, -0.05) is 199 Å². The molecular weight excluding hydrogens is 617 g/mol. The summed E-state index contributed by atoms with van der Waals surface area (Å²) >= 11 is 0. The lowest BCUT2D eigenvalue weighted by Crippen LogP contribution is -2.16. The van der Waals surface area contributed by atoms with E-state index in [2.05, 4.69) is 38.2 Å². The maximum absolute atomic E-state index is 12.0. The molecule has 0 aliphatic carbocycles. The maximum atomic E-state index is 12.0. The molecule has 0 aromatic rings. The average Bonchev–Trinajstić information content (AvgIpc) is 3.12.